The number of nitrogens with zero attached hydrogens (tertiary/aromatic N) is 2. The molecule has 3 atom stereocenters. The number of hydrogen-bond donors (Lipinski definition) is 1. The van der Waals surface area contributed by atoms with E-state index >= 15 is 0 Å². The van der Waals surface area contributed by atoms with Crippen molar-refractivity contribution in [3.63, 3.8) is 0 Å². The number of fused-ring (bicyclic) bond motifs is 2. The van der Waals surface area contributed by atoms with Crippen LogP contribution in [-0.4, -0.2) is 22.1 Å². The SMILES string of the molecule is CC12CCC(C1)C(C)(C)C2NC(=O)c1cc(Cl)nnc1Cl. The molecule has 2 saturated carbocycles. The lowest BCUT2D eigenvalue weighted by Crippen LogP contribution is -2.52. The molecule has 2 aliphatic carbocycles. The summed E-state index contributed by atoms with van der Waals surface area (Å²) < 4.78 is 0. The lowest BCUT2D eigenvalue weighted by molar-refractivity contribution is 0.0737. The van der Waals surface area contributed by atoms with Gasteiger partial charge in [0, 0.05) is 6.04 Å². The molecule has 1 N–H and O–H groups in total. The minimum absolute atomic E-state index is 0.0861. The first kappa shape index (κ1) is 15.0. The van der Waals surface area contributed by atoms with E-state index < -0.39 is 0 Å². The lowest BCUT2D eigenvalue weighted by Gasteiger charge is -2.43. The van der Waals surface area contributed by atoms with E-state index in [1.165, 1.54) is 18.9 Å². The van der Waals surface area contributed by atoms with Crippen LogP contribution in [0.1, 0.15) is 50.4 Å². The van der Waals surface area contributed by atoms with Gasteiger partial charge in [0.2, 0.25) is 0 Å². The van der Waals surface area contributed by atoms with E-state index in [1.54, 1.807) is 0 Å². The van der Waals surface area contributed by atoms with Crippen LogP contribution in [0.2, 0.25) is 10.3 Å². The summed E-state index contributed by atoms with van der Waals surface area (Å²) in [5.41, 5.74) is 0.554. The van der Waals surface area contributed by atoms with Crippen molar-refractivity contribution in [1.29, 1.82) is 0 Å². The quantitative estimate of drug-likeness (QED) is 0.900. The maximum atomic E-state index is 12.6. The maximum Gasteiger partial charge on any atom is 0.254 e. The highest BCUT2D eigenvalue weighted by atomic mass is 35.5. The zero-order valence-electron chi connectivity index (χ0n) is 12.4. The number of rotatable bonds is 2. The molecule has 2 bridgehead atoms. The van der Waals surface area contributed by atoms with Gasteiger partial charge in [-0.1, -0.05) is 44.0 Å². The summed E-state index contributed by atoms with van der Waals surface area (Å²) in [6, 6.07) is 1.61. The van der Waals surface area contributed by atoms with Crippen LogP contribution in [0, 0.1) is 16.7 Å². The van der Waals surface area contributed by atoms with Gasteiger partial charge in [-0.05, 0) is 42.1 Å². The molecule has 1 amide bonds. The summed E-state index contributed by atoms with van der Waals surface area (Å²) in [5, 5.41) is 10.8. The summed E-state index contributed by atoms with van der Waals surface area (Å²) in [4.78, 5) is 12.6. The van der Waals surface area contributed by atoms with E-state index in [4.69, 9.17) is 23.2 Å². The zero-order valence-corrected chi connectivity index (χ0v) is 13.9. The Morgan fingerprint density at radius 2 is 2.05 bits per heavy atom. The van der Waals surface area contributed by atoms with Crippen molar-refractivity contribution in [2.24, 2.45) is 16.7 Å². The van der Waals surface area contributed by atoms with Crippen molar-refractivity contribution in [3.05, 3.63) is 21.9 Å². The third kappa shape index (κ3) is 2.33. The smallest absolute Gasteiger partial charge is 0.254 e. The van der Waals surface area contributed by atoms with Crippen molar-refractivity contribution in [1.82, 2.24) is 15.5 Å². The minimum Gasteiger partial charge on any atom is -0.348 e. The molecule has 0 aromatic carbocycles. The van der Waals surface area contributed by atoms with Gasteiger partial charge in [-0.2, -0.15) is 0 Å². The largest absolute Gasteiger partial charge is 0.348 e. The molecule has 0 aliphatic heterocycles. The molecule has 0 radical (unpaired) electrons. The van der Waals surface area contributed by atoms with Crippen molar-refractivity contribution in [2.75, 3.05) is 0 Å². The van der Waals surface area contributed by atoms with Crippen LogP contribution in [0.25, 0.3) is 0 Å². The molecule has 6 heteroatoms. The van der Waals surface area contributed by atoms with Crippen molar-refractivity contribution in [3.8, 4) is 0 Å². The van der Waals surface area contributed by atoms with Gasteiger partial charge in [0.1, 0.15) is 0 Å². The fraction of sp³-hybridized carbons (Fsp3) is 0.667. The molecule has 2 fully saturated rings. The van der Waals surface area contributed by atoms with Gasteiger partial charge in [0.05, 0.1) is 5.56 Å². The normalized spacial score (nSPS) is 33.2. The standard InChI is InChI=1S/C15H19Cl2N3O/c1-14(2)8-4-5-15(3,7-8)13(14)18-12(21)9-6-10(16)19-20-11(9)17/h6,8,13H,4-5,7H2,1-3H3,(H,18,21). The Labute approximate surface area is 134 Å². The second-order valence-electron chi connectivity index (χ2n) is 7.19. The average Bonchev–Trinajstić information content (AvgIpc) is 2.88. The number of hydrogen-bond acceptors (Lipinski definition) is 3. The van der Waals surface area contributed by atoms with Crippen LogP contribution < -0.4 is 5.32 Å². The third-order valence-electron chi connectivity index (χ3n) is 5.51. The first-order valence-corrected chi connectivity index (χ1v) is 7.99. The molecular formula is C15H19Cl2N3O. The summed E-state index contributed by atoms with van der Waals surface area (Å²) in [7, 11) is 0. The Balaban J connectivity index is 1.86. The molecule has 2 aliphatic rings. The highest BCUT2D eigenvalue weighted by Gasteiger charge is 2.59. The lowest BCUT2D eigenvalue weighted by atomic mass is 9.68. The number of nitrogens with one attached hydrogen (secondary N) is 1. The van der Waals surface area contributed by atoms with Crippen molar-refractivity contribution < 1.29 is 4.79 Å². The molecule has 1 aromatic heterocycles. The number of carbonyl (C=O) groups excluding carboxylic acids is 1. The summed E-state index contributed by atoms with van der Waals surface area (Å²) in [6.45, 7) is 6.75. The molecule has 0 saturated heterocycles. The van der Waals surface area contributed by atoms with Gasteiger partial charge in [0.15, 0.2) is 10.3 Å². The highest BCUT2D eigenvalue weighted by molar-refractivity contribution is 6.34. The predicted octanol–water partition coefficient (Wildman–Crippen LogP) is 3.73. The predicted molar refractivity (Wildman–Crippen MR) is 82.5 cm³/mol. The number of amides is 1. The van der Waals surface area contributed by atoms with E-state index in [2.05, 4.69) is 36.3 Å². The Kier molecular flexibility index (Phi) is 3.45. The molecule has 21 heavy (non-hydrogen) atoms. The number of halogens is 2. The third-order valence-corrected chi connectivity index (χ3v) is 5.97. The van der Waals surface area contributed by atoms with E-state index in [0.29, 0.717) is 11.5 Å². The number of carbonyl (C=O) groups is 1. The van der Waals surface area contributed by atoms with Gasteiger partial charge >= 0.3 is 0 Å². The Hall–Kier alpha value is -0.870. The number of aromatic nitrogens is 2. The molecule has 0 spiro atoms. The molecule has 3 unspecified atom stereocenters. The molecular weight excluding hydrogens is 309 g/mol. The van der Waals surface area contributed by atoms with Gasteiger partial charge < -0.3 is 5.32 Å². The van der Waals surface area contributed by atoms with Crippen LogP contribution in [0.15, 0.2) is 6.07 Å². The van der Waals surface area contributed by atoms with E-state index in [-0.39, 0.29) is 33.1 Å². The Bertz CT molecular complexity index is 600. The van der Waals surface area contributed by atoms with Crippen LogP contribution in [0.5, 0.6) is 0 Å². The zero-order chi connectivity index (χ0) is 15.4. The summed E-state index contributed by atoms with van der Waals surface area (Å²) >= 11 is 11.8. The van der Waals surface area contributed by atoms with Crippen molar-refractivity contribution in [2.45, 2.75) is 46.1 Å². The first-order valence-electron chi connectivity index (χ1n) is 7.23. The highest BCUT2D eigenvalue weighted by Crippen LogP contribution is 2.62. The van der Waals surface area contributed by atoms with Crippen LogP contribution in [0.3, 0.4) is 0 Å². The van der Waals surface area contributed by atoms with E-state index in [9.17, 15) is 4.79 Å². The molecule has 1 aromatic rings. The monoisotopic (exact) mass is 327 g/mol. The fourth-order valence-electron chi connectivity index (χ4n) is 4.38. The van der Waals surface area contributed by atoms with Gasteiger partial charge in [-0.3, -0.25) is 4.79 Å². The van der Waals surface area contributed by atoms with Crippen LogP contribution >= 0.6 is 23.2 Å². The topological polar surface area (TPSA) is 54.9 Å². The fourth-order valence-corrected chi connectivity index (χ4v) is 4.71. The maximum absolute atomic E-state index is 12.6. The van der Waals surface area contributed by atoms with Crippen LogP contribution in [-0.2, 0) is 0 Å². The van der Waals surface area contributed by atoms with E-state index in [0.717, 1.165) is 6.42 Å². The van der Waals surface area contributed by atoms with Crippen LogP contribution in [0.4, 0.5) is 0 Å². The van der Waals surface area contributed by atoms with Gasteiger partial charge in [-0.15, -0.1) is 10.2 Å². The van der Waals surface area contributed by atoms with Gasteiger partial charge in [0.25, 0.3) is 5.91 Å². The molecule has 4 nitrogen and oxygen atoms in total. The molecule has 3 rings (SSSR count). The average molecular weight is 328 g/mol. The molecule has 114 valence electrons. The second kappa shape index (κ2) is 4.82. The van der Waals surface area contributed by atoms with Crippen molar-refractivity contribution >= 4 is 29.1 Å². The van der Waals surface area contributed by atoms with E-state index in [1.807, 2.05) is 0 Å². The Morgan fingerprint density at radius 1 is 1.33 bits per heavy atom. The summed E-state index contributed by atoms with van der Waals surface area (Å²) in [5.74, 6) is 0.450. The van der Waals surface area contributed by atoms with Gasteiger partial charge in [-0.25, -0.2) is 0 Å². The first-order chi connectivity index (χ1) is 9.74. The Morgan fingerprint density at radius 3 is 2.67 bits per heavy atom. The molecule has 1 heterocycles. The second-order valence-corrected chi connectivity index (χ2v) is 7.94. The summed E-state index contributed by atoms with van der Waals surface area (Å²) in [6.07, 6.45) is 3.59. The minimum atomic E-state index is -0.219.